The van der Waals surface area contributed by atoms with Crippen molar-refractivity contribution >= 4 is 23.0 Å². The Balaban J connectivity index is 2.71. The summed E-state index contributed by atoms with van der Waals surface area (Å²) in [5.41, 5.74) is 6.44. The Labute approximate surface area is 96.4 Å². The van der Waals surface area contributed by atoms with Crippen LogP contribution in [0.1, 0.15) is 11.1 Å². The van der Waals surface area contributed by atoms with Crippen molar-refractivity contribution in [2.24, 2.45) is 0 Å². The van der Waals surface area contributed by atoms with Gasteiger partial charge >= 0.3 is 0 Å². The van der Waals surface area contributed by atoms with E-state index in [1.165, 1.54) is 11.1 Å². The van der Waals surface area contributed by atoms with Gasteiger partial charge in [-0.15, -0.1) is 0 Å². The molecule has 0 aromatic heterocycles. The number of hydrogen-bond donors (Lipinski definition) is 2. The van der Waals surface area contributed by atoms with Crippen molar-refractivity contribution in [2.45, 2.75) is 13.8 Å². The van der Waals surface area contributed by atoms with Gasteiger partial charge in [0, 0.05) is 19.8 Å². The molecule has 0 saturated carbocycles. The molecule has 0 spiro atoms. The Morgan fingerprint density at radius 1 is 1.27 bits per heavy atom. The van der Waals surface area contributed by atoms with Crippen LogP contribution in [0.2, 0.25) is 0 Å². The minimum Gasteiger partial charge on any atom is -0.331 e. The third-order valence-electron chi connectivity index (χ3n) is 1.97. The smallest absolute Gasteiger partial charge is 0.185 e. The second-order valence-corrected chi connectivity index (χ2v) is 4.19. The number of aryl methyl sites for hydroxylation is 2. The lowest BCUT2D eigenvalue weighted by Gasteiger charge is -2.17. The van der Waals surface area contributed by atoms with Crippen molar-refractivity contribution in [3.8, 4) is 0 Å². The fraction of sp³-hybridized carbons (Fsp3) is 0.364. The Morgan fingerprint density at radius 2 is 1.93 bits per heavy atom. The molecule has 15 heavy (non-hydrogen) atoms. The molecule has 0 aliphatic carbocycles. The standard InChI is InChI=1S/C11H17N3S/c1-8-5-6-9(2)10(7-8)12-11(15)13-14(3)4/h5-7H,1-4H3,(H2,12,13,15). The van der Waals surface area contributed by atoms with Crippen molar-refractivity contribution < 1.29 is 0 Å². The van der Waals surface area contributed by atoms with E-state index < -0.39 is 0 Å². The SMILES string of the molecule is Cc1ccc(C)c(NC(=S)NN(C)C)c1. The number of hydrazine groups is 1. The molecule has 0 bridgehead atoms. The average Bonchev–Trinajstić information content (AvgIpc) is 2.10. The van der Waals surface area contributed by atoms with E-state index >= 15 is 0 Å². The van der Waals surface area contributed by atoms with Crippen molar-refractivity contribution in [1.29, 1.82) is 0 Å². The number of nitrogens with zero attached hydrogens (tertiary/aromatic N) is 1. The van der Waals surface area contributed by atoms with Crippen LogP contribution in [0.4, 0.5) is 5.69 Å². The van der Waals surface area contributed by atoms with E-state index in [4.69, 9.17) is 12.2 Å². The Bertz CT molecular complexity index is 361. The molecule has 0 fully saturated rings. The van der Waals surface area contributed by atoms with Crippen LogP contribution in [0.15, 0.2) is 18.2 Å². The average molecular weight is 223 g/mol. The highest BCUT2D eigenvalue weighted by Gasteiger charge is 2.01. The molecule has 0 aliphatic heterocycles. The number of rotatable bonds is 2. The summed E-state index contributed by atoms with van der Waals surface area (Å²) in [7, 11) is 3.80. The Kier molecular flexibility index (Phi) is 4.05. The zero-order valence-corrected chi connectivity index (χ0v) is 10.4. The van der Waals surface area contributed by atoms with Gasteiger partial charge in [-0.25, -0.2) is 5.01 Å². The summed E-state index contributed by atoms with van der Waals surface area (Å²) in [6, 6.07) is 6.25. The first-order chi connectivity index (χ1) is 6.99. The maximum atomic E-state index is 5.15. The highest BCUT2D eigenvalue weighted by Crippen LogP contribution is 2.15. The molecule has 0 aliphatic rings. The first-order valence-corrected chi connectivity index (χ1v) is 5.22. The predicted molar refractivity (Wildman–Crippen MR) is 69.0 cm³/mol. The zero-order valence-electron chi connectivity index (χ0n) is 9.59. The van der Waals surface area contributed by atoms with Gasteiger partial charge in [0.2, 0.25) is 0 Å². The van der Waals surface area contributed by atoms with Crippen LogP contribution < -0.4 is 10.7 Å². The van der Waals surface area contributed by atoms with Crippen LogP contribution in [0, 0.1) is 13.8 Å². The van der Waals surface area contributed by atoms with E-state index in [-0.39, 0.29) is 0 Å². The minimum atomic E-state index is 0.605. The van der Waals surface area contributed by atoms with Crippen molar-refractivity contribution in [1.82, 2.24) is 10.4 Å². The van der Waals surface area contributed by atoms with E-state index in [1.54, 1.807) is 5.01 Å². The van der Waals surface area contributed by atoms with Gasteiger partial charge in [0.05, 0.1) is 0 Å². The summed E-state index contributed by atoms with van der Waals surface area (Å²) in [4.78, 5) is 0. The molecule has 1 aromatic rings. The summed E-state index contributed by atoms with van der Waals surface area (Å²) in [5, 5.41) is 5.57. The number of anilines is 1. The van der Waals surface area contributed by atoms with Gasteiger partial charge in [0.25, 0.3) is 0 Å². The Hall–Kier alpha value is -1.13. The molecule has 0 atom stereocenters. The molecule has 1 rings (SSSR count). The topological polar surface area (TPSA) is 27.3 Å². The normalized spacial score (nSPS) is 10.2. The van der Waals surface area contributed by atoms with Crippen LogP contribution in [0.5, 0.6) is 0 Å². The minimum absolute atomic E-state index is 0.605. The van der Waals surface area contributed by atoms with Crippen LogP contribution in [0.25, 0.3) is 0 Å². The van der Waals surface area contributed by atoms with Crippen LogP contribution in [0.3, 0.4) is 0 Å². The first-order valence-electron chi connectivity index (χ1n) is 4.81. The summed E-state index contributed by atoms with van der Waals surface area (Å²) in [5.74, 6) is 0. The predicted octanol–water partition coefficient (Wildman–Crippen LogP) is 2.07. The molecule has 0 unspecified atom stereocenters. The highest BCUT2D eigenvalue weighted by atomic mass is 32.1. The van der Waals surface area contributed by atoms with Gasteiger partial charge in [-0.05, 0) is 43.3 Å². The molecule has 1 aromatic carbocycles. The maximum Gasteiger partial charge on any atom is 0.185 e. The highest BCUT2D eigenvalue weighted by molar-refractivity contribution is 7.80. The van der Waals surface area contributed by atoms with E-state index in [9.17, 15) is 0 Å². The fourth-order valence-electron chi connectivity index (χ4n) is 1.22. The summed E-state index contributed by atoms with van der Waals surface area (Å²) >= 11 is 5.15. The van der Waals surface area contributed by atoms with E-state index in [2.05, 4.69) is 42.8 Å². The summed E-state index contributed by atoms with van der Waals surface area (Å²) < 4.78 is 0. The molecule has 0 heterocycles. The number of hydrogen-bond acceptors (Lipinski definition) is 2. The molecular weight excluding hydrogens is 206 g/mol. The zero-order chi connectivity index (χ0) is 11.4. The molecule has 3 nitrogen and oxygen atoms in total. The van der Waals surface area contributed by atoms with Gasteiger partial charge in [0.15, 0.2) is 5.11 Å². The largest absolute Gasteiger partial charge is 0.331 e. The number of benzene rings is 1. The fourth-order valence-corrected chi connectivity index (χ4v) is 1.52. The number of nitrogens with one attached hydrogen (secondary N) is 2. The summed E-state index contributed by atoms with van der Waals surface area (Å²) in [6.45, 7) is 4.12. The van der Waals surface area contributed by atoms with Crippen LogP contribution in [-0.2, 0) is 0 Å². The van der Waals surface area contributed by atoms with Gasteiger partial charge in [-0.1, -0.05) is 12.1 Å². The first kappa shape index (κ1) is 11.9. The van der Waals surface area contributed by atoms with E-state index in [0.29, 0.717) is 5.11 Å². The van der Waals surface area contributed by atoms with Crippen molar-refractivity contribution in [2.75, 3.05) is 19.4 Å². The molecule has 2 N–H and O–H groups in total. The van der Waals surface area contributed by atoms with E-state index in [0.717, 1.165) is 5.69 Å². The van der Waals surface area contributed by atoms with Gasteiger partial charge < -0.3 is 5.32 Å². The lowest BCUT2D eigenvalue weighted by molar-refractivity contribution is 0.365. The molecule has 0 amide bonds. The second-order valence-electron chi connectivity index (χ2n) is 3.78. The molecule has 0 radical (unpaired) electrons. The summed E-state index contributed by atoms with van der Waals surface area (Å²) in [6.07, 6.45) is 0. The molecule has 0 saturated heterocycles. The van der Waals surface area contributed by atoms with Gasteiger partial charge in [-0.3, -0.25) is 5.43 Å². The quantitative estimate of drug-likeness (QED) is 0.593. The van der Waals surface area contributed by atoms with Crippen LogP contribution in [-0.4, -0.2) is 24.2 Å². The third kappa shape index (κ3) is 3.85. The van der Waals surface area contributed by atoms with Crippen molar-refractivity contribution in [3.63, 3.8) is 0 Å². The molecule has 82 valence electrons. The second kappa shape index (κ2) is 5.09. The third-order valence-corrected chi connectivity index (χ3v) is 2.16. The van der Waals surface area contributed by atoms with Crippen LogP contribution >= 0.6 is 12.2 Å². The molecular formula is C11H17N3S. The van der Waals surface area contributed by atoms with Gasteiger partial charge in [-0.2, -0.15) is 0 Å². The van der Waals surface area contributed by atoms with Gasteiger partial charge in [0.1, 0.15) is 0 Å². The van der Waals surface area contributed by atoms with Crippen molar-refractivity contribution in [3.05, 3.63) is 29.3 Å². The molecule has 4 heteroatoms. The maximum absolute atomic E-state index is 5.15. The number of thiocarbonyl (C=S) groups is 1. The monoisotopic (exact) mass is 223 g/mol. The van der Waals surface area contributed by atoms with E-state index in [1.807, 2.05) is 14.1 Å². The Morgan fingerprint density at radius 3 is 2.53 bits per heavy atom. The lowest BCUT2D eigenvalue weighted by Crippen LogP contribution is -2.39. The lowest BCUT2D eigenvalue weighted by atomic mass is 10.1.